The van der Waals surface area contributed by atoms with Crippen molar-refractivity contribution in [3.8, 4) is 17.2 Å². The van der Waals surface area contributed by atoms with Crippen molar-refractivity contribution in [1.29, 1.82) is 0 Å². The van der Waals surface area contributed by atoms with Gasteiger partial charge in [-0.25, -0.2) is 0 Å². The summed E-state index contributed by atoms with van der Waals surface area (Å²) in [6.45, 7) is 0.802. The molecule has 2 unspecified atom stereocenters. The lowest BCUT2D eigenvalue weighted by Gasteiger charge is -2.19. The van der Waals surface area contributed by atoms with Gasteiger partial charge in [0.15, 0.2) is 23.4 Å². The van der Waals surface area contributed by atoms with Gasteiger partial charge in [0.25, 0.3) is 0 Å². The maximum absolute atomic E-state index is 13.4. The van der Waals surface area contributed by atoms with Crippen LogP contribution < -0.4 is 19.9 Å². The molecular weight excluding hydrogens is 458 g/mol. The maximum atomic E-state index is 13.4. The Labute approximate surface area is 208 Å². The van der Waals surface area contributed by atoms with Crippen molar-refractivity contribution >= 4 is 5.78 Å². The normalized spacial score (nSPS) is 16.8. The van der Waals surface area contributed by atoms with E-state index in [1.807, 2.05) is 6.07 Å². The molecule has 3 aromatic carbocycles. The predicted molar refractivity (Wildman–Crippen MR) is 132 cm³/mol. The van der Waals surface area contributed by atoms with Crippen molar-refractivity contribution in [3.63, 3.8) is 0 Å². The molecule has 0 saturated heterocycles. The summed E-state index contributed by atoms with van der Waals surface area (Å²) in [4.78, 5) is 13.4. The molecule has 9 nitrogen and oxygen atoms in total. The zero-order valence-corrected chi connectivity index (χ0v) is 19.7. The molecule has 184 valence electrons. The van der Waals surface area contributed by atoms with Gasteiger partial charge in [0.1, 0.15) is 12.4 Å². The van der Waals surface area contributed by atoms with E-state index in [0.717, 1.165) is 25.0 Å². The number of para-hydroxylation sites is 1. The molecule has 2 atom stereocenters. The summed E-state index contributed by atoms with van der Waals surface area (Å²) in [7, 11) is 0. The van der Waals surface area contributed by atoms with Gasteiger partial charge in [-0.15, -0.1) is 10.2 Å². The number of hydrogen-bond acceptors (Lipinski definition) is 8. The number of unbranched alkanes of at least 4 members (excludes halogenated alkanes) is 1. The Hall–Kier alpha value is -4.24. The third-order valence-electron chi connectivity index (χ3n) is 5.99. The van der Waals surface area contributed by atoms with Crippen LogP contribution in [0.5, 0.6) is 17.2 Å². The van der Waals surface area contributed by atoms with Gasteiger partial charge >= 0.3 is 0 Å². The highest BCUT2D eigenvalue weighted by Crippen LogP contribution is 2.38. The number of tetrazole rings is 1. The van der Waals surface area contributed by atoms with Crippen LogP contribution in [0.25, 0.3) is 0 Å². The summed E-state index contributed by atoms with van der Waals surface area (Å²) in [5, 5.41) is 14.0. The average Bonchev–Trinajstić information content (AvgIpc) is 3.40. The van der Waals surface area contributed by atoms with Crippen LogP contribution in [0.15, 0.2) is 72.8 Å². The van der Waals surface area contributed by atoms with Crippen molar-refractivity contribution < 1.29 is 19.0 Å². The first-order chi connectivity index (χ1) is 17.7. The first kappa shape index (κ1) is 23.5. The molecule has 5 rings (SSSR count). The molecule has 2 heterocycles. The molecule has 4 aromatic rings. The smallest absolute Gasteiger partial charge is 0.216 e. The Morgan fingerprint density at radius 3 is 2.64 bits per heavy atom. The third kappa shape index (κ3) is 5.36. The van der Waals surface area contributed by atoms with Crippen molar-refractivity contribution in [3.05, 3.63) is 95.3 Å². The van der Waals surface area contributed by atoms with Gasteiger partial charge in [-0.2, -0.15) is 5.21 Å². The zero-order chi connectivity index (χ0) is 24.7. The minimum absolute atomic E-state index is 0.182. The number of nitrogens with zero attached hydrogens (tertiary/aromatic N) is 3. The van der Waals surface area contributed by atoms with Crippen LogP contribution in [0.4, 0.5) is 0 Å². The fourth-order valence-corrected chi connectivity index (χ4v) is 4.08. The molecular formula is C27H27N5O4. The van der Waals surface area contributed by atoms with Gasteiger partial charge in [-0.1, -0.05) is 41.6 Å². The van der Waals surface area contributed by atoms with E-state index < -0.39 is 12.1 Å². The maximum Gasteiger partial charge on any atom is 0.216 e. The van der Waals surface area contributed by atoms with Crippen LogP contribution in [0.1, 0.15) is 46.3 Å². The number of carbonyl (C=O) groups excluding carboxylic acids is 1. The van der Waals surface area contributed by atoms with Crippen molar-refractivity contribution in [2.75, 3.05) is 13.2 Å². The molecule has 9 heteroatoms. The van der Waals surface area contributed by atoms with E-state index in [4.69, 9.17) is 19.9 Å². The Kier molecular flexibility index (Phi) is 7.18. The molecule has 0 radical (unpaired) electrons. The van der Waals surface area contributed by atoms with Gasteiger partial charge in [0, 0.05) is 5.56 Å². The van der Waals surface area contributed by atoms with E-state index in [1.54, 1.807) is 42.5 Å². The Morgan fingerprint density at radius 1 is 1.03 bits per heavy atom. The van der Waals surface area contributed by atoms with Crippen LogP contribution in [-0.2, 0) is 6.42 Å². The molecule has 0 amide bonds. The highest BCUT2D eigenvalue weighted by atomic mass is 16.5. The molecule has 3 N–H and O–H groups in total. The number of benzene rings is 3. The van der Waals surface area contributed by atoms with E-state index in [2.05, 4.69) is 44.9 Å². The second-order valence-electron chi connectivity index (χ2n) is 8.56. The Balaban J connectivity index is 1.23. The number of ether oxygens (including phenoxy) is 3. The summed E-state index contributed by atoms with van der Waals surface area (Å²) >= 11 is 0. The van der Waals surface area contributed by atoms with Crippen LogP contribution in [0.2, 0.25) is 0 Å². The number of aromatic nitrogens is 4. The number of fused-ring (bicyclic) bond motifs is 1. The predicted octanol–water partition coefficient (Wildman–Crippen LogP) is 3.67. The Bertz CT molecular complexity index is 1280. The molecule has 1 aromatic heterocycles. The number of hydrogen-bond donors (Lipinski definition) is 2. The lowest BCUT2D eigenvalue weighted by atomic mass is 10.0. The zero-order valence-electron chi connectivity index (χ0n) is 19.7. The van der Waals surface area contributed by atoms with Gasteiger partial charge in [0.2, 0.25) is 5.82 Å². The molecule has 1 aliphatic heterocycles. The Morgan fingerprint density at radius 2 is 1.86 bits per heavy atom. The molecule has 0 fully saturated rings. The number of rotatable bonds is 9. The topological polar surface area (TPSA) is 125 Å². The van der Waals surface area contributed by atoms with Crippen molar-refractivity contribution in [2.24, 2.45) is 5.73 Å². The number of H-pyrrole nitrogens is 1. The number of aryl methyl sites for hydroxylation is 1. The number of nitrogens with two attached hydrogens (primary N) is 1. The summed E-state index contributed by atoms with van der Waals surface area (Å²) in [6.07, 6.45) is 2.32. The quantitative estimate of drug-likeness (QED) is 0.272. The fourth-order valence-electron chi connectivity index (χ4n) is 4.08. The third-order valence-corrected chi connectivity index (χ3v) is 5.99. The fraction of sp³-hybridized carbons (Fsp3) is 0.259. The van der Waals surface area contributed by atoms with E-state index in [-0.39, 0.29) is 12.4 Å². The first-order valence-electron chi connectivity index (χ1n) is 11.9. The van der Waals surface area contributed by atoms with Crippen LogP contribution in [0, 0.1) is 0 Å². The molecule has 1 aliphatic rings. The number of ketones is 1. The largest absolute Gasteiger partial charge is 0.494 e. The first-order valence-corrected chi connectivity index (χ1v) is 11.9. The summed E-state index contributed by atoms with van der Waals surface area (Å²) in [6, 6.07) is 22.2. The van der Waals surface area contributed by atoms with Crippen LogP contribution in [-0.4, -0.2) is 45.7 Å². The van der Waals surface area contributed by atoms with Crippen LogP contribution >= 0.6 is 0 Å². The van der Waals surface area contributed by atoms with Crippen molar-refractivity contribution in [1.82, 2.24) is 20.6 Å². The van der Waals surface area contributed by atoms with Crippen LogP contribution in [0.3, 0.4) is 0 Å². The lowest BCUT2D eigenvalue weighted by molar-refractivity contribution is 0.102. The van der Waals surface area contributed by atoms with Gasteiger partial charge < -0.3 is 19.9 Å². The summed E-state index contributed by atoms with van der Waals surface area (Å²) in [5.74, 6) is 1.57. The SMILES string of the molecule is NC1COc2cccc(C(=O)c3ccc(OCCCCc4ccccc4)cc3)c2OC1c1nn[nH]n1. The summed E-state index contributed by atoms with van der Waals surface area (Å²) < 4.78 is 17.8. The van der Waals surface area contributed by atoms with Crippen molar-refractivity contribution in [2.45, 2.75) is 31.4 Å². The second-order valence-corrected chi connectivity index (χ2v) is 8.56. The molecule has 0 bridgehead atoms. The minimum Gasteiger partial charge on any atom is -0.494 e. The number of aromatic amines is 1. The average molecular weight is 486 g/mol. The summed E-state index contributed by atoms with van der Waals surface area (Å²) in [5.41, 5.74) is 8.43. The molecule has 36 heavy (non-hydrogen) atoms. The standard InChI is InChI=1S/C27H27N5O4/c28-22-17-35-23-11-6-10-21(25(23)36-26(22)27-29-31-32-30-27)24(33)19-12-14-20(15-13-19)34-16-5-4-9-18-7-2-1-3-8-18/h1-3,6-8,10-15,22,26H,4-5,9,16-17,28H2,(H,29,30,31,32). The molecule has 0 spiro atoms. The van der Waals surface area contributed by atoms with Gasteiger partial charge in [-0.3, -0.25) is 4.79 Å². The van der Waals surface area contributed by atoms with E-state index in [0.29, 0.717) is 35.1 Å². The van der Waals surface area contributed by atoms with E-state index in [1.165, 1.54) is 5.56 Å². The van der Waals surface area contributed by atoms with Gasteiger partial charge in [0.05, 0.1) is 18.2 Å². The van der Waals surface area contributed by atoms with E-state index >= 15 is 0 Å². The van der Waals surface area contributed by atoms with Gasteiger partial charge in [-0.05, 0) is 61.2 Å². The second kappa shape index (κ2) is 11.0. The molecule has 0 aliphatic carbocycles. The number of nitrogens with one attached hydrogen (secondary N) is 1. The van der Waals surface area contributed by atoms with E-state index in [9.17, 15) is 4.79 Å². The lowest BCUT2D eigenvalue weighted by Crippen LogP contribution is -2.36. The highest BCUT2D eigenvalue weighted by molar-refractivity contribution is 6.11. The monoisotopic (exact) mass is 485 g/mol. The molecule has 0 saturated carbocycles. The number of carbonyl (C=O) groups is 1. The highest BCUT2D eigenvalue weighted by Gasteiger charge is 2.33. The minimum atomic E-state index is -0.711.